The molecule has 2 aromatic rings. The van der Waals surface area contributed by atoms with Gasteiger partial charge in [0, 0.05) is 32.0 Å². The van der Waals surface area contributed by atoms with Gasteiger partial charge < -0.3 is 10.2 Å². The minimum atomic E-state index is -0.0976. The fourth-order valence-electron chi connectivity index (χ4n) is 3.05. The van der Waals surface area contributed by atoms with E-state index in [9.17, 15) is 4.79 Å². The summed E-state index contributed by atoms with van der Waals surface area (Å²) in [6, 6.07) is 12.3. The monoisotopic (exact) mass is 309 g/mol. The first-order chi connectivity index (χ1) is 11.3. The molecule has 4 heteroatoms. The Balaban J connectivity index is 1.67. The van der Waals surface area contributed by atoms with Crippen molar-refractivity contribution in [3.63, 3.8) is 0 Å². The molecule has 0 saturated carbocycles. The van der Waals surface area contributed by atoms with Crippen molar-refractivity contribution in [2.45, 2.75) is 25.8 Å². The average molecular weight is 309 g/mol. The van der Waals surface area contributed by atoms with Crippen LogP contribution in [0.1, 0.15) is 18.9 Å². The number of aromatic nitrogens is 1. The molecule has 1 N–H and O–H groups in total. The van der Waals surface area contributed by atoms with Crippen LogP contribution in [0.4, 0.5) is 0 Å². The maximum Gasteiger partial charge on any atom is 0.240 e. The smallest absolute Gasteiger partial charge is 0.240 e. The Kier molecular flexibility index (Phi) is 5.03. The summed E-state index contributed by atoms with van der Waals surface area (Å²) in [5, 5.41) is 3.35. The highest BCUT2D eigenvalue weighted by Gasteiger charge is 2.27. The molecule has 1 aliphatic rings. The largest absolute Gasteiger partial charge is 0.340 e. The summed E-state index contributed by atoms with van der Waals surface area (Å²) in [7, 11) is 0. The van der Waals surface area contributed by atoms with Crippen LogP contribution in [-0.2, 0) is 11.2 Å². The van der Waals surface area contributed by atoms with Gasteiger partial charge >= 0.3 is 0 Å². The van der Waals surface area contributed by atoms with E-state index in [0.29, 0.717) is 0 Å². The third-order valence-corrected chi connectivity index (χ3v) is 4.26. The highest BCUT2D eigenvalue weighted by molar-refractivity contribution is 5.83. The zero-order valence-corrected chi connectivity index (χ0v) is 13.5. The van der Waals surface area contributed by atoms with Gasteiger partial charge in [-0.15, -0.1) is 0 Å². The lowest BCUT2D eigenvalue weighted by atomic mass is 10.00. The Morgan fingerprint density at radius 3 is 2.74 bits per heavy atom. The molecule has 1 aromatic heterocycles. The van der Waals surface area contributed by atoms with Crippen LogP contribution in [-0.4, -0.2) is 41.5 Å². The van der Waals surface area contributed by atoms with Gasteiger partial charge in [-0.1, -0.05) is 37.3 Å². The SMILES string of the molecule is CCCN1CCN[C@H](Cc2ccc(-c3cccnc3)cc2)C1=O. The van der Waals surface area contributed by atoms with E-state index >= 15 is 0 Å². The Bertz CT molecular complexity index is 637. The van der Waals surface area contributed by atoms with Crippen LogP contribution >= 0.6 is 0 Å². The predicted molar refractivity (Wildman–Crippen MR) is 92.0 cm³/mol. The number of piperazine rings is 1. The second-order valence-corrected chi connectivity index (χ2v) is 5.97. The van der Waals surface area contributed by atoms with Gasteiger partial charge in [-0.3, -0.25) is 9.78 Å². The van der Waals surface area contributed by atoms with Gasteiger partial charge in [-0.2, -0.15) is 0 Å². The number of carbonyl (C=O) groups excluding carboxylic acids is 1. The van der Waals surface area contributed by atoms with Crippen molar-refractivity contribution in [2.24, 2.45) is 0 Å². The normalized spacial score (nSPS) is 18.2. The lowest BCUT2D eigenvalue weighted by molar-refractivity contribution is -0.135. The number of nitrogens with zero attached hydrogens (tertiary/aromatic N) is 2. The summed E-state index contributed by atoms with van der Waals surface area (Å²) in [4.78, 5) is 18.6. The van der Waals surface area contributed by atoms with Crippen LogP contribution in [0.2, 0.25) is 0 Å². The molecule has 0 radical (unpaired) electrons. The van der Waals surface area contributed by atoms with Gasteiger partial charge in [0.05, 0.1) is 6.04 Å². The minimum absolute atomic E-state index is 0.0976. The van der Waals surface area contributed by atoms with Crippen LogP contribution in [0.3, 0.4) is 0 Å². The maximum atomic E-state index is 12.5. The van der Waals surface area contributed by atoms with Gasteiger partial charge in [-0.25, -0.2) is 0 Å². The number of amides is 1. The molecule has 3 rings (SSSR count). The van der Waals surface area contributed by atoms with Crippen LogP contribution in [0.5, 0.6) is 0 Å². The molecule has 23 heavy (non-hydrogen) atoms. The van der Waals surface area contributed by atoms with E-state index in [1.165, 1.54) is 5.56 Å². The molecule has 1 fully saturated rings. The molecule has 120 valence electrons. The van der Waals surface area contributed by atoms with E-state index in [0.717, 1.165) is 43.6 Å². The van der Waals surface area contributed by atoms with Crippen LogP contribution in [0.25, 0.3) is 11.1 Å². The Morgan fingerprint density at radius 2 is 2.04 bits per heavy atom. The fourth-order valence-corrected chi connectivity index (χ4v) is 3.05. The molecule has 4 nitrogen and oxygen atoms in total. The van der Waals surface area contributed by atoms with Crippen molar-refractivity contribution in [3.05, 3.63) is 54.4 Å². The number of pyridine rings is 1. The van der Waals surface area contributed by atoms with Gasteiger partial charge in [0.1, 0.15) is 0 Å². The summed E-state index contributed by atoms with van der Waals surface area (Å²) in [6.45, 7) is 4.67. The molecule has 0 unspecified atom stereocenters. The van der Waals surface area contributed by atoms with Gasteiger partial charge in [0.25, 0.3) is 0 Å². The number of benzene rings is 1. The van der Waals surface area contributed by atoms with E-state index in [-0.39, 0.29) is 11.9 Å². The van der Waals surface area contributed by atoms with Gasteiger partial charge in [0.15, 0.2) is 0 Å². The minimum Gasteiger partial charge on any atom is -0.340 e. The zero-order valence-electron chi connectivity index (χ0n) is 13.5. The summed E-state index contributed by atoms with van der Waals surface area (Å²) in [5.74, 6) is 0.231. The van der Waals surface area contributed by atoms with Crippen LogP contribution in [0, 0.1) is 0 Å². The van der Waals surface area contributed by atoms with Gasteiger partial charge in [-0.05, 0) is 35.6 Å². The molecule has 1 saturated heterocycles. The first-order valence-corrected chi connectivity index (χ1v) is 8.29. The van der Waals surface area contributed by atoms with Crippen LogP contribution < -0.4 is 5.32 Å². The first kappa shape index (κ1) is 15.7. The van der Waals surface area contributed by atoms with E-state index in [1.807, 2.05) is 17.2 Å². The molecular weight excluding hydrogens is 286 g/mol. The number of hydrogen-bond donors (Lipinski definition) is 1. The van der Waals surface area contributed by atoms with Crippen molar-refractivity contribution < 1.29 is 4.79 Å². The summed E-state index contributed by atoms with van der Waals surface area (Å²) in [6.07, 6.45) is 5.40. The third-order valence-electron chi connectivity index (χ3n) is 4.26. The quantitative estimate of drug-likeness (QED) is 0.923. The number of carbonyl (C=O) groups is 1. The standard InChI is InChI=1S/C19H23N3O/c1-2-11-22-12-10-21-18(19(22)23)13-15-5-7-16(8-6-15)17-4-3-9-20-14-17/h3-9,14,18,21H,2,10-13H2,1H3/t18-/m1/s1. The highest BCUT2D eigenvalue weighted by Crippen LogP contribution is 2.19. The lowest BCUT2D eigenvalue weighted by Crippen LogP contribution is -2.55. The summed E-state index contributed by atoms with van der Waals surface area (Å²) in [5.41, 5.74) is 3.44. The molecule has 0 bridgehead atoms. The fraction of sp³-hybridized carbons (Fsp3) is 0.368. The molecular formula is C19H23N3O. The second-order valence-electron chi connectivity index (χ2n) is 5.97. The Labute approximate surface area is 137 Å². The number of rotatable bonds is 5. The van der Waals surface area contributed by atoms with E-state index < -0.39 is 0 Å². The van der Waals surface area contributed by atoms with Crippen molar-refractivity contribution in [2.75, 3.05) is 19.6 Å². The predicted octanol–water partition coefficient (Wildman–Crippen LogP) is 2.50. The second kappa shape index (κ2) is 7.38. The van der Waals surface area contributed by atoms with Crippen LogP contribution in [0.15, 0.2) is 48.8 Å². The number of hydrogen-bond acceptors (Lipinski definition) is 3. The van der Waals surface area contributed by atoms with E-state index in [2.05, 4.69) is 47.6 Å². The first-order valence-electron chi connectivity index (χ1n) is 8.29. The van der Waals surface area contributed by atoms with Crippen molar-refractivity contribution in [1.29, 1.82) is 0 Å². The highest BCUT2D eigenvalue weighted by atomic mass is 16.2. The van der Waals surface area contributed by atoms with Crippen molar-refractivity contribution >= 4 is 5.91 Å². The van der Waals surface area contributed by atoms with Crippen molar-refractivity contribution in [1.82, 2.24) is 15.2 Å². The molecule has 1 aromatic carbocycles. The maximum absolute atomic E-state index is 12.5. The number of nitrogens with one attached hydrogen (secondary N) is 1. The molecule has 1 aliphatic heterocycles. The van der Waals surface area contributed by atoms with Crippen molar-refractivity contribution in [3.8, 4) is 11.1 Å². The average Bonchev–Trinajstić information content (AvgIpc) is 2.60. The Hall–Kier alpha value is -2.20. The molecule has 1 atom stereocenters. The lowest BCUT2D eigenvalue weighted by Gasteiger charge is -2.33. The topological polar surface area (TPSA) is 45.2 Å². The zero-order chi connectivity index (χ0) is 16.1. The molecule has 0 spiro atoms. The molecule has 2 heterocycles. The molecule has 1 amide bonds. The third kappa shape index (κ3) is 3.77. The van der Waals surface area contributed by atoms with E-state index in [1.54, 1.807) is 6.20 Å². The molecule has 0 aliphatic carbocycles. The summed E-state index contributed by atoms with van der Waals surface area (Å²) >= 11 is 0. The van der Waals surface area contributed by atoms with E-state index in [4.69, 9.17) is 0 Å². The Morgan fingerprint density at radius 1 is 1.22 bits per heavy atom. The van der Waals surface area contributed by atoms with Gasteiger partial charge in [0.2, 0.25) is 5.91 Å². The summed E-state index contributed by atoms with van der Waals surface area (Å²) < 4.78 is 0.